The number of nitrogens with one attached hydrogen (secondary N) is 1. The van der Waals surface area contributed by atoms with Crippen molar-refractivity contribution in [2.24, 2.45) is 0 Å². The molecule has 5 nitrogen and oxygen atoms in total. The number of ketones is 1. The van der Waals surface area contributed by atoms with Crippen molar-refractivity contribution in [3.8, 4) is 5.75 Å². The zero-order chi connectivity index (χ0) is 16.9. The molecular weight excluding hydrogens is 294 g/mol. The molecule has 2 heterocycles. The molecule has 122 valence electrons. The Labute approximate surface area is 135 Å². The minimum Gasteiger partial charge on any atom is -0.487 e. The highest BCUT2D eigenvalue weighted by atomic mass is 16.5. The summed E-state index contributed by atoms with van der Waals surface area (Å²) in [7, 11) is 0. The van der Waals surface area contributed by atoms with Gasteiger partial charge in [0.1, 0.15) is 16.9 Å². The summed E-state index contributed by atoms with van der Waals surface area (Å²) in [6.07, 6.45) is 0.303. The van der Waals surface area contributed by atoms with E-state index in [0.29, 0.717) is 34.3 Å². The van der Waals surface area contributed by atoms with Gasteiger partial charge in [-0.05, 0) is 46.8 Å². The van der Waals surface area contributed by atoms with Crippen LogP contribution in [0.4, 0.5) is 0 Å². The number of hydrogen-bond acceptors (Lipinski definition) is 4. The summed E-state index contributed by atoms with van der Waals surface area (Å²) in [6, 6.07) is 3.50. The number of benzene rings is 1. The molecule has 1 N–H and O–H groups in total. The van der Waals surface area contributed by atoms with Gasteiger partial charge in [0, 0.05) is 17.0 Å². The first-order valence-corrected chi connectivity index (χ1v) is 7.79. The van der Waals surface area contributed by atoms with E-state index in [-0.39, 0.29) is 23.5 Å². The average Bonchev–Trinajstić information content (AvgIpc) is 2.74. The predicted octanol–water partition coefficient (Wildman–Crippen LogP) is 3.62. The van der Waals surface area contributed by atoms with Crippen molar-refractivity contribution in [1.29, 1.82) is 0 Å². The molecule has 23 heavy (non-hydrogen) atoms. The van der Waals surface area contributed by atoms with Crippen molar-refractivity contribution < 1.29 is 18.7 Å². The van der Waals surface area contributed by atoms with Gasteiger partial charge in [0.05, 0.1) is 12.0 Å². The van der Waals surface area contributed by atoms with Crippen LogP contribution in [-0.2, 0) is 0 Å². The summed E-state index contributed by atoms with van der Waals surface area (Å²) in [5.41, 5.74) is 1.21. The van der Waals surface area contributed by atoms with Crippen LogP contribution in [0.15, 0.2) is 16.5 Å². The van der Waals surface area contributed by atoms with Gasteiger partial charge in [-0.15, -0.1) is 0 Å². The Bertz CT molecular complexity index is 814. The Morgan fingerprint density at radius 2 is 2.00 bits per heavy atom. The number of carbonyl (C=O) groups is 2. The van der Waals surface area contributed by atoms with Crippen molar-refractivity contribution in [3.63, 3.8) is 0 Å². The van der Waals surface area contributed by atoms with Crippen molar-refractivity contribution in [1.82, 2.24) is 5.32 Å². The SMILES string of the molecule is Cc1c(C(=O)NC(C)C)oc2ccc3c(c12)C(=O)CC(C)(C)O3. The van der Waals surface area contributed by atoms with E-state index in [1.165, 1.54) is 0 Å². The summed E-state index contributed by atoms with van der Waals surface area (Å²) >= 11 is 0. The molecule has 3 rings (SSSR count). The molecule has 2 aromatic rings. The summed E-state index contributed by atoms with van der Waals surface area (Å²) in [4.78, 5) is 24.9. The number of hydrogen-bond donors (Lipinski definition) is 1. The molecule has 0 spiro atoms. The molecule has 0 saturated heterocycles. The lowest BCUT2D eigenvalue weighted by molar-refractivity contribution is 0.0623. The van der Waals surface area contributed by atoms with Crippen molar-refractivity contribution in [2.75, 3.05) is 0 Å². The molecule has 0 saturated carbocycles. The minimum atomic E-state index is -0.521. The predicted molar refractivity (Wildman–Crippen MR) is 87.2 cm³/mol. The van der Waals surface area contributed by atoms with E-state index in [1.54, 1.807) is 19.1 Å². The van der Waals surface area contributed by atoms with Crippen LogP contribution in [0.5, 0.6) is 5.75 Å². The highest BCUT2D eigenvalue weighted by molar-refractivity contribution is 6.13. The van der Waals surface area contributed by atoms with Crippen LogP contribution in [0, 0.1) is 6.92 Å². The average molecular weight is 315 g/mol. The number of ether oxygens (including phenoxy) is 1. The van der Waals surface area contributed by atoms with Gasteiger partial charge < -0.3 is 14.5 Å². The third-order valence-corrected chi connectivity index (χ3v) is 3.93. The van der Waals surface area contributed by atoms with E-state index >= 15 is 0 Å². The van der Waals surface area contributed by atoms with Crippen LogP contribution in [0.2, 0.25) is 0 Å². The topological polar surface area (TPSA) is 68.5 Å². The third kappa shape index (κ3) is 2.60. The molecule has 1 aliphatic heterocycles. The van der Waals surface area contributed by atoms with Crippen LogP contribution in [0.1, 0.15) is 60.6 Å². The van der Waals surface area contributed by atoms with Crippen LogP contribution < -0.4 is 10.1 Å². The third-order valence-electron chi connectivity index (χ3n) is 3.93. The molecule has 0 aliphatic carbocycles. The summed E-state index contributed by atoms with van der Waals surface area (Å²) < 4.78 is 11.6. The molecule has 1 aromatic heterocycles. The van der Waals surface area contributed by atoms with Gasteiger partial charge >= 0.3 is 0 Å². The molecule has 0 atom stereocenters. The molecule has 1 amide bonds. The smallest absolute Gasteiger partial charge is 0.287 e. The highest BCUT2D eigenvalue weighted by Crippen LogP contribution is 2.40. The monoisotopic (exact) mass is 315 g/mol. The van der Waals surface area contributed by atoms with Crippen LogP contribution in [0.25, 0.3) is 11.0 Å². The van der Waals surface area contributed by atoms with E-state index < -0.39 is 5.60 Å². The molecule has 0 unspecified atom stereocenters. The fourth-order valence-electron chi connectivity index (χ4n) is 3.04. The molecule has 0 bridgehead atoms. The summed E-state index contributed by atoms with van der Waals surface area (Å²) in [5, 5.41) is 3.49. The summed E-state index contributed by atoms with van der Waals surface area (Å²) in [5.74, 6) is 0.548. The lowest BCUT2D eigenvalue weighted by Gasteiger charge is -2.31. The highest BCUT2D eigenvalue weighted by Gasteiger charge is 2.35. The van der Waals surface area contributed by atoms with Gasteiger partial charge in [0.15, 0.2) is 11.5 Å². The van der Waals surface area contributed by atoms with Crippen molar-refractivity contribution in [3.05, 3.63) is 29.0 Å². The molecule has 1 aromatic carbocycles. The zero-order valence-corrected chi connectivity index (χ0v) is 14.1. The molecular formula is C18H21NO4. The van der Waals surface area contributed by atoms with E-state index in [4.69, 9.17) is 9.15 Å². The van der Waals surface area contributed by atoms with Gasteiger partial charge in [0.25, 0.3) is 5.91 Å². The number of Topliss-reactive ketones (excluding diaryl/α,β-unsaturated/α-hetero) is 1. The van der Waals surface area contributed by atoms with Gasteiger partial charge in [0.2, 0.25) is 0 Å². The fraction of sp³-hybridized carbons (Fsp3) is 0.444. The van der Waals surface area contributed by atoms with Gasteiger partial charge in [-0.2, -0.15) is 0 Å². The maximum absolute atomic E-state index is 12.6. The standard InChI is InChI=1S/C18H21NO4/c1-9(2)19-17(21)16-10(3)14-12(22-16)6-7-13-15(14)11(20)8-18(4,5)23-13/h6-7,9H,8H2,1-5H3,(H,19,21). The Hall–Kier alpha value is -2.30. The minimum absolute atomic E-state index is 0.00907. The van der Waals surface area contributed by atoms with Gasteiger partial charge in [-0.25, -0.2) is 0 Å². The Balaban J connectivity index is 2.18. The fourth-order valence-corrected chi connectivity index (χ4v) is 3.04. The maximum Gasteiger partial charge on any atom is 0.287 e. The number of aryl methyl sites for hydroxylation is 1. The number of rotatable bonds is 2. The van der Waals surface area contributed by atoms with Gasteiger partial charge in [-0.1, -0.05) is 0 Å². The van der Waals surface area contributed by atoms with Crippen LogP contribution >= 0.6 is 0 Å². The normalized spacial score (nSPS) is 16.3. The first kappa shape index (κ1) is 15.6. The number of amides is 1. The number of fused-ring (bicyclic) bond motifs is 3. The first-order valence-electron chi connectivity index (χ1n) is 7.79. The second-order valence-corrected chi connectivity index (χ2v) is 6.96. The Morgan fingerprint density at radius 1 is 1.30 bits per heavy atom. The number of furan rings is 1. The second-order valence-electron chi connectivity index (χ2n) is 6.96. The van der Waals surface area contributed by atoms with Crippen molar-refractivity contribution >= 4 is 22.7 Å². The largest absolute Gasteiger partial charge is 0.487 e. The van der Waals surface area contributed by atoms with E-state index in [1.807, 2.05) is 27.7 Å². The molecule has 0 fully saturated rings. The van der Waals surface area contributed by atoms with E-state index in [0.717, 1.165) is 0 Å². The first-order chi connectivity index (χ1) is 10.7. The molecule has 5 heteroatoms. The lowest BCUT2D eigenvalue weighted by atomic mass is 9.90. The molecule has 0 radical (unpaired) electrons. The summed E-state index contributed by atoms with van der Waals surface area (Å²) in [6.45, 7) is 9.35. The number of carbonyl (C=O) groups excluding carboxylic acids is 2. The maximum atomic E-state index is 12.6. The lowest BCUT2D eigenvalue weighted by Crippen LogP contribution is -2.36. The Kier molecular flexibility index (Phi) is 3.47. The van der Waals surface area contributed by atoms with Crippen LogP contribution in [-0.4, -0.2) is 23.3 Å². The second kappa shape index (κ2) is 5.11. The zero-order valence-electron chi connectivity index (χ0n) is 14.1. The van der Waals surface area contributed by atoms with E-state index in [2.05, 4.69) is 5.32 Å². The van der Waals surface area contributed by atoms with Crippen LogP contribution in [0.3, 0.4) is 0 Å². The van der Waals surface area contributed by atoms with Gasteiger partial charge in [-0.3, -0.25) is 9.59 Å². The quantitative estimate of drug-likeness (QED) is 0.919. The molecule has 1 aliphatic rings. The Morgan fingerprint density at radius 3 is 2.65 bits per heavy atom. The van der Waals surface area contributed by atoms with E-state index in [9.17, 15) is 9.59 Å². The van der Waals surface area contributed by atoms with Crippen molar-refractivity contribution in [2.45, 2.75) is 52.7 Å².